The van der Waals surface area contributed by atoms with Crippen molar-refractivity contribution in [1.29, 1.82) is 0 Å². The topological polar surface area (TPSA) is 34.3 Å². The highest BCUT2D eigenvalue weighted by Crippen LogP contribution is 2.54. The van der Waals surface area contributed by atoms with Gasteiger partial charge in [-0.2, -0.15) is 0 Å². The Morgan fingerprint density at radius 2 is 0.710 bits per heavy atom. The van der Waals surface area contributed by atoms with Gasteiger partial charge in [0.25, 0.3) is 0 Å². The zero-order chi connectivity index (χ0) is 22.8. The first-order chi connectivity index (χ1) is 14.6. The summed E-state index contributed by atoms with van der Waals surface area (Å²) in [6, 6.07) is 0. The molecule has 2 aromatic carbocycles. The van der Waals surface area contributed by atoms with E-state index in [1.54, 1.807) is 0 Å². The van der Waals surface area contributed by atoms with E-state index < -0.39 is 12.2 Å². The van der Waals surface area contributed by atoms with Gasteiger partial charge in [-0.05, 0) is 0 Å². The van der Waals surface area contributed by atoms with Crippen molar-refractivity contribution in [3.05, 3.63) is 61.4 Å². The van der Waals surface area contributed by atoms with Gasteiger partial charge in [0.15, 0.2) is 0 Å². The first-order valence-electron chi connectivity index (χ1n) is 8.47. The minimum absolute atomic E-state index is 0.0296. The summed E-state index contributed by atoms with van der Waals surface area (Å²) >= 11 is 63.1. The van der Waals surface area contributed by atoms with Gasteiger partial charge in [-0.15, -0.1) is 0 Å². The number of halogens is 10. The number of benzene rings is 2. The Morgan fingerprint density at radius 1 is 0.484 bits per heavy atom. The molecule has 2 aliphatic rings. The van der Waals surface area contributed by atoms with Crippen molar-refractivity contribution in [2.24, 2.45) is 0 Å². The normalized spacial score (nSPS) is 21.9. The maximum absolute atomic E-state index is 6.46. The molecule has 0 bridgehead atoms. The molecule has 2 aliphatic heterocycles. The molecule has 2 heterocycles. The fourth-order valence-corrected chi connectivity index (χ4v) is 5.78. The lowest BCUT2D eigenvalue weighted by Gasteiger charge is -2.27. The Morgan fingerprint density at radius 3 is 0.935 bits per heavy atom. The van der Waals surface area contributed by atoms with E-state index in [9.17, 15) is 0 Å². The third kappa shape index (κ3) is 4.71. The molecule has 2 fully saturated rings. The van der Waals surface area contributed by atoms with Crippen LogP contribution in [-0.4, -0.2) is 25.4 Å². The Bertz CT molecular complexity index is 926. The van der Waals surface area contributed by atoms with Crippen molar-refractivity contribution in [3.63, 3.8) is 0 Å². The van der Waals surface area contributed by atoms with E-state index in [4.69, 9.17) is 130 Å². The van der Waals surface area contributed by atoms with Crippen LogP contribution >= 0.6 is 116 Å². The van der Waals surface area contributed by atoms with Gasteiger partial charge in [0, 0.05) is 11.1 Å². The standard InChI is InChI=1S/C18H8Cl10O3/c19-7-5(8(20)12(24)15(27)11(7)23)17(3-1-29-3)31-18(4-2-30-4)6-9(21)13(25)16(28)14(26)10(6)22/h3-4,17-18H,1-2H2. The highest BCUT2D eigenvalue weighted by atomic mass is 35.5. The summed E-state index contributed by atoms with van der Waals surface area (Å²) < 4.78 is 17.3. The molecule has 0 spiro atoms. The minimum Gasteiger partial charge on any atom is -0.370 e. The van der Waals surface area contributed by atoms with Crippen LogP contribution in [0.25, 0.3) is 0 Å². The molecule has 3 nitrogen and oxygen atoms in total. The van der Waals surface area contributed by atoms with Crippen LogP contribution in [-0.2, 0) is 14.2 Å². The van der Waals surface area contributed by atoms with E-state index >= 15 is 0 Å². The van der Waals surface area contributed by atoms with Gasteiger partial charge in [0.05, 0.1) is 63.4 Å². The number of epoxide rings is 2. The predicted molar refractivity (Wildman–Crippen MR) is 129 cm³/mol. The summed E-state index contributed by atoms with van der Waals surface area (Å²) in [4.78, 5) is 0. The van der Waals surface area contributed by atoms with Crippen LogP contribution < -0.4 is 0 Å². The molecular weight excluding hydrogens is 619 g/mol. The lowest BCUT2D eigenvalue weighted by molar-refractivity contribution is -0.0417. The average molecular weight is 627 g/mol. The van der Waals surface area contributed by atoms with Gasteiger partial charge in [0.2, 0.25) is 0 Å². The zero-order valence-corrected chi connectivity index (χ0v) is 22.3. The zero-order valence-electron chi connectivity index (χ0n) is 14.7. The van der Waals surface area contributed by atoms with Crippen molar-refractivity contribution in [2.45, 2.75) is 24.4 Å². The van der Waals surface area contributed by atoms with Crippen LogP contribution in [0, 0.1) is 0 Å². The summed E-state index contributed by atoms with van der Waals surface area (Å²) in [5.41, 5.74) is 0.628. The molecule has 4 rings (SSSR count). The molecule has 168 valence electrons. The molecule has 0 aliphatic carbocycles. The second-order valence-corrected chi connectivity index (χ2v) is 10.5. The van der Waals surface area contributed by atoms with Crippen LogP contribution in [0.15, 0.2) is 0 Å². The molecule has 2 aromatic rings. The van der Waals surface area contributed by atoms with E-state index in [2.05, 4.69) is 0 Å². The molecule has 0 saturated carbocycles. The number of hydrogen-bond acceptors (Lipinski definition) is 3. The molecule has 2 saturated heterocycles. The second-order valence-electron chi connectivity index (χ2n) is 6.69. The molecule has 4 atom stereocenters. The van der Waals surface area contributed by atoms with Gasteiger partial charge in [-0.25, -0.2) is 0 Å². The van der Waals surface area contributed by atoms with Crippen LogP contribution in [0.3, 0.4) is 0 Å². The Hall–Kier alpha value is 1.22. The van der Waals surface area contributed by atoms with Gasteiger partial charge in [0.1, 0.15) is 24.4 Å². The van der Waals surface area contributed by atoms with Gasteiger partial charge >= 0.3 is 0 Å². The predicted octanol–water partition coefficient (Wildman–Crippen LogP) is 9.82. The second kappa shape index (κ2) is 9.70. The van der Waals surface area contributed by atoms with Crippen molar-refractivity contribution in [3.8, 4) is 0 Å². The fourth-order valence-electron chi connectivity index (χ4n) is 3.05. The third-order valence-corrected chi connectivity index (χ3v) is 9.36. The van der Waals surface area contributed by atoms with Gasteiger partial charge in [-0.1, -0.05) is 116 Å². The summed E-state index contributed by atoms with van der Waals surface area (Å²) in [5, 5.41) is 0.545. The molecule has 0 amide bonds. The Kier molecular flexibility index (Phi) is 7.92. The van der Waals surface area contributed by atoms with E-state index in [0.29, 0.717) is 24.3 Å². The number of ether oxygens (including phenoxy) is 3. The first kappa shape index (κ1) is 25.3. The smallest absolute Gasteiger partial charge is 0.115 e. The molecule has 0 aromatic heterocycles. The molecular formula is C18H8Cl10O3. The monoisotopic (exact) mass is 622 g/mol. The van der Waals surface area contributed by atoms with Crippen LogP contribution in [0.1, 0.15) is 23.3 Å². The molecule has 31 heavy (non-hydrogen) atoms. The molecule has 0 N–H and O–H groups in total. The van der Waals surface area contributed by atoms with E-state index in [0.717, 1.165) is 0 Å². The summed E-state index contributed by atoms with van der Waals surface area (Å²) in [6.07, 6.45) is -2.38. The quantitative estimate of drug-likeness (QED) is 0.182. The van der Waals surface area contributed by atoms with Crippen molar-refractivity contribution in [1.82, 2.24) is 0 Å². The number of hydrogen-bond donors (Lipinski definition) is 0. The summed E-state index contributed by atoms with van der Waals surface area (Å²) in [5.74, 6) is 0. The summed E-state index contributed by atoms with van der Waals surface area (Å²) in [6.45, 7) is 0.772. The summed E-state index contributed by atoms with van der Waals surface area (Å²) in [7, 11) is 0. The largest absolute Gasteiger partial charge is 0.370 e. The van der Waals surface area contributed by atoms with Gasteiger partial charge in [-0.3, -0.25) is 0 Å². The Labute approximate surface area is 227 Å². The fraction of sp³-hybridized carbons (Fsp3) is 0.333. The van der Waals surface area contributed by atoms with E-state index in [1.165, 1.54) is 0 Å². The third-order valence-electron chi connectivity index (χ3n) is 4.74. The first-order valence-corrected chi connectivity index (χ1v) is 12.3. The number of rotatable bonds is 6. The highest BCUT2D eigenvalue weighted by Gasteiger charge is 2.46. The average Bonchev–Trinajstić information content (AvgIpc) is 3.64. The van der Waals surface area contributed by atoms with Crippen molar-refractivity contribution in [2.75, 3.05) is 13.2 Å². The van der Waals surface area contributed by atoms with Gasteiger partial charge < -0.3 is 14.2 Å². The molecule has 0 radical (unpaired) electrons. The SMILES string of the molecule is Clc1c(Cl)c(Cl)c(C(OC(c2c(Cl)c(Cl)c(Cl)c(Cl)c2Cl)C2CO2)C2CO2)c(Cl)c1Cl. The van der Waals surface area contributed by atoms with Crippen LogP contribution in [0.5, 0.6) is 0 Å². The molecule has 13 heteroatoms. The van der Waals surface area contributed by atoms with Crippen molar-refractivity contribution >= 4 is 116 Å². The maximum atomic E-state index is 6.46. The van der Waals surface area contributed by atoms with Crippen LogP contribution in [0.4, 0.5) is 0 Å². The minimum atomic E-state index is -0.804. The lowest BCUT2D eigenvalue weighted by atomic mass is 10.0. The van der Waals surface area contributed by atoms with E-state index in [-0.39, 0.29) is 62.4 Å². The van der Waals surface area contributed by atoms with E-state index in [1.807, 2.05) is 0 Å². The molecule has 4 unspecified atom stereocenters. The Balaban J connectivity index is 1.83. The maximum Gasteiger partial charge on any atom is 0.115 e. The van der Waals surface area contributed by atoms with Crippen LogP contribution in [0.2, 0.25) is 50.2 Å². The lowest BCUT2D eigenvalue weighted by Crippen LogP contribution is -2.21. The van der Waals surface area contributed by atoms with Crippen molar-refractivity contribution < 1.29 is 14.2 Å². The highest BCUT2D eigenvalue weighted by molar-refractivity contribution is 6.56.